The topological polar surface area (TPSA) is 79.4 Å². The number of primary amides is 1. The SMILES string of the molecule is CC1(C)OB(c2ccc(-c3cn(CC(N)=O)nc3C(F)(F)F)c(F)c2F)OC1(C)C. The Balaban J connectivity index is 2.07. The van der Waals surface area contributed by atoms with Crippen molar-refractivity contribution >= 4 is 18.5 Å². The van der Waals surface area contributed by atoms with Gasteiger partial charge in [-0.15, -0.1) is 0 Å². The lowest BCUT2D eigenvalue weighted by Gasteiger charge is -2.32. The van der Waals surface area contributed by atoms with Crippen LogP contribution in [-0.2, 0) is 26.8 Å². The molecule has 0 bridgehead atoms. The zero-order valence-electron chi connectivity index (χ0n) is 16.6. The van der Waals surface area contributed by atoms with Crippen LogP contribution in [0.1, 0.15) is 33.4 Å². The molecule has 1 aliphatic rings. The molecule has 6 nitrogen and oxygen atoms in total. The van der Waals surface area contributed by atoms with Crippen LogP contribution in [0.15, 0.2) is 18.3 Å². The second-order valence-electron chi connectivity index (χ2n) is 7.97. The normalized spacial score (nSPS) is 18.1. The van der Waals surface area contributed by atoms with E-state index in [2.05, 4.69) is 5.10 Å². The van der Waals surface area contributed by atoms with Gasteiger partial charge in [0.25, 0.3) is 0 Å². The third kappa shape index (κ3) is 3.81. The smallest absolute Gasteiger partial charge is 0.399 e. The maximum Gasteiger partial charge on any atom is 0.497 e. The molecular formula is C18H19BF5N3O3. The Hall–Kier alpha value is -2.47. The van der Waals surface area contributed by atoms with Gasteiger partial charge < -0.3 is 15.0 Å². The van der Waals surface area contributed by atoms with Crippen molar-refractivity contribution in [1.29, 1.82) is 0 Å². The van der Waals surface area contributed by atoms with E-state index >= 15 is 0 Å². The second-order valence-corrected chi connectivity index (χ2v) is 7.97. The molecular weight excluding hydrogens is 412 g/mol. The summed E-state index contributed by atoms with van der Waals surface area (Å²) in [6.45, 7) is 6.23. The molecule has 0 unspecified atom stereocenters. The van der Waals surface area contributed by atoms with Crippen molar-refractivity contribution in [2.45, 2.75) is 51.6 Å². The van der Waals surface area contributed by atoms with Gasteiger partial charge in [0.15, 0.2) is 17.3 Å². The van der Waals surface area contributed by atoms with Crippen LogP contribution >= 0.6 is 0 Å². The summed E-state index contributed by atoms with van der Waals surface area (Å²) in [5.74, 6) is -3.87. The second kappa shape index (κ2) is 7.05. The fourth-order valence-electron chi connectivity index (χ4n) is 2.99. The lowest BCUT2D eigenvalue weighted by atomic mass is 9.78. The van der Waals surface area contributed by atoms with Gasteiger partial charge in [-0.2, -0.15) is 18.3 Å². The third-order valence-electron chi connectivity index (χ3n) is 5.26. The molecule has 0 radical (unpaired) electrons. The fraction of sp³-hybridized carbons (Fsp3) is 0.444. The summed E-state index contributed by atoms with van der Waals surface area (Å²) in [7, 11) is -1.24. The largest absolute Gasteiger partial charge is 0.497 e. The molecule has 1 saturated heterocycles. The number of nitrogens with zero attached hydrogens (tertiary/aromatic N) is 2. The van der Waals surface area contributed by atoms with Gasteiger partial charge in [0, 0.05) is 22.8 Å². The Kier molecular flexibility index (Phi) is 5.22. The van der Waals surface area contributed by atoms with Crippen LogP contribution in [-0.4, -0.2) is 34.0 Å². The van der Waals surface area contributed by atoms with Crippen LogP contribution in [0.25, 0.3) is 11.1 Å². The van der Waals surface area contributed by atoms with Gasteiger partial charge in [-0.25, -0.2) is 8.78 Å². The van der Waals surface area contributed by atoms with E-state index in [1.54, 1.807) is 27.7 Å². The lowest BCUT2D eigenvalue weighted by Crippen LogP contribution is -2.41. The molecule has 1 fully saturated rings. The quantitative estimate of drug-likeness (QED) is 0.597. The molecule has 1 amide bonds. The molecule has 2 heterocycles. The van der Waals surface area contributed by atoms with Crippen molar-refractivity contribution in [3.63, 3.8) is 0 Å². The molecule has 30 heavy (non-hydrogen) atoms. The van der Waals surface area contributed by atoms with E-state index in [4.69, 9.17) is 15.0 Å². The first-order valence-electron chi connectivity index (χ1n) is 8.91. The highest BCUT2D eigenvalue weighted by Gasteiger charge is 2.52. The van der Waals surface area contributed by atoms with Crippen molar-refractivity contribution in [2.75, 3.05) is 0 Å². The third-order valence-corrected chi connectivity index (χ3v) is 5.26. The van der Waals surface area contributed by atoms with E-state index in [1.807, 2.05) is 0 Å². The van der Waals surface area contributed by atoms with Gasteiger partial charge in [-0.05, 0) is 27.7 Å². The van der Waals surface area contributed by atoms with Crippen molar-refractivity contribution in [3.05, 3.63) is 35.7 Å². The summed E-state index contributed by atoms with van der Waals surface area (Å²) < 4.78 is 81.8. The van der Waals surface area contributed by atoms with Crippen LogP contribution in [0, 0.1) is 11.6 Å². The zero-order chi connectivity index (χ0) is 22.6. The number of rotatable bonds is 4. The Morgan fingerprint density at radius 2 is 1.67 bits per heavy atom. The van der Waals surface area contributed by atoms with Crippen molar-refractivity contribution in [3.8, 4) is 11.1 Å². The molecule has 12 heteroatoms. The molecule has 0 aliphatic carbocycles. The van der Waals surface area contributed by atoms with Gasteiger partial charge in [0.1, 0.15) is 6.54 Å². The minimum Gasteiger partial charge on any atom is -0.399 e. The first kappa shape index (κ1) is 22.2. The number of aromatic nitrogens is 2. The van der Waals surface area contributed by atoms with Crippen molar-refractivity contribution < 1.29 is 36.1 Å². The summed E-state index contributed by atoms with van der Waals surface area (Å²) in [4.78, 5) is 11.0. The van der Waals surface area contributed by atoms with Crippen LogP contribution < -0.4 is 11.2 Å². The Bertz CT molecular complexity index is 988. The molecule has 1 aromatic carbocycles. The van der Waals surface area contributed by atoms with Gasteiger partial charge >= 0.3 is 13.3 Å². The number of hydrogen-bond acceptors (Lipinski definition) is 4. The number of carbonyl (C=O) groups is 1. The van der Waals surface area contributed by atoms with Crippen LogP contribution in [0.3, 0.4) is 0 Å². The summed E-state index contributed by atoms with van der Waals surface area (Å²) in [6.07, 6.45) is -4.18. The summed E-state index contributed by atoms with van der Waals surface area (Å²) in [5.41, 5.74) is 0.191. The molecule has 2 N–H and O–H groups in total. The predicted molar refractivity (Wildman–Crippen MR) is 97.5 cm³/mol. The number of alkyl halides is 3. The average molecular weight is 431 g/mol. The number of benzene rings is 1. The lowest BCUT2D eigenvalue weighted by molar-refractivity contribution is -0.141. The highest BCUT2D eigenvalue weighted by molar-refractivity contribution is 6.62. The van der Waals surface area contributed by atoms with Crippen LogP contribution in [0.2, 0.25) is 0 Å². The van der Waals surface area contributed by atoms with Gasteiger partial charge in [0.05, 0.1) is 11.2 Å². The monoisotopic (exact) mass is 431 g/mol. The summed E-state index contributed by atoms with van der Waals surface area (Å²) in [5, 5.41) is 3.26. The van der Waals surface area contributed by atoms with Crippen LogP contribution in [0.5, 0.6) is 0 Å². The minimum atomic E-state index is -4.97. The molecule has 3 rings (SSSR count). The maximum atomic E-state index is 14.8. The number of carbonyl (C=O) groups excluding carboxylic acids is 1. The van der Waals surface area contributed by atoms with E-state index in [0.717, 1.165) is 18.3 Å². The first-order valence-corrected chi connectivity index (χ1v) is 8.91. The molecule has 0 atom stereocenters. The molecule has 0 spiro atoms. The van der Waals surface area contributed by atoms with E-state index in [1.165, 1.54) is 0 Å². The zero-order valence-corrected chi connectivity index (χ0v) is 16.6. The fourth-order valence-corrected chi connectivity index (χ4v) is 2.99. The molecule has 2 aromatic rings. The van der Waals surface area contributed by atoms with Crippen LogP contribution in [0.4, 0.5) is 22.0 Å². The molecule has 0 saturated carbocycles. The van der Waals surface area contributed by atoms with Crippen molar-refractivity contribution in [1.82, 2.24) is 9.78 Å². The van der Waals surface area contributed by atoms with Gasteiger partial charge in [-0.3, -0.25) is 9.48 Å². The highest BCUT2D eigenvalue weighted by Crippen LogP contribution is 2.39. The predicted octanol–water partition coefficient (Wildman–Crippen LogP) is 2.63. The number of amides is 1. The van der Waals surface area contributed by atoms with E-state index in [0.29, 0.717) is 4.68 Å². The molecule has 162 valence electrons. The number of halogens is 5. The Morgan fingerprint density at radius 1 is 1.10 bits per heavy atom. The Labute approximate surface area is 169 Å². The minimum absolute atomic E-state index is 0.284. The maximum absolute atomic E-state index is 14.8. The van der Waals surface area contributed by atoms with Gasteiger partial charge in [-0.1, -0.05) is 12.1 Å². The Morgan fingerprint density at radius 3 is 2.17 bits per heavy atom. The van der Waals surface area contributed by atoms with E-state index in [9.17, 15) is 26.7 Å². The van der Waals surface area contributed by atoms with Crippen molar-refractivity contribution in [2.24, 2.45) is 5.73 Å². The van der Waals surface area contributed by atoms with Gasteiger partial charge in [0.2, 0.25) is 5.91 Å². The van der Waals surface area contributed by atoms with E-state index in [-0.39, 0.29) is 5.46 Å². The molecule has 1 aromatic heterocycles. The average Bonchev–Trinajstić information content (AvgIpc) is 3.07. The number of nitrogens with two attached hydrogens (primary N) is 1. The standard InChI is InChI=1S/C18H19BF5N3O3/c1-16(2)17(3,4)30-19(29-16)11-6-5-9(13(20)14(11)21)10-7-27(8-12(25)28)26-15(10)18(22,23)24/h5-7H,8H2,1-4H3,(H2,25,28). The number of hydrogen-bond donors (Lipinski definition) is 1. The highest BCUT2D eigenvalue weighted by atomic mass is 19.4. The first-order chi connectivity index (χ1) is 13.6. The summed E-state index contributed by atoms with van der Waals surface area (Å²) in [6, 6.07) is 2.08. The molecule has 1 aliphatic heterocycles. The summed E-state index contributed by atoms with van der Waals surface area (Å²) >= 11 is 0. The van der Waals surface area contributed by atoms with E-state index < -0.39 is 65.4 Å².